The minimum atomic E-state index is -3.01. The van der Waals surface area contributed by atoms with Crippen LogP contribution in [-0.2, 0) is 10.3 Å². The minimum Gasteiger partial charge on any atom is -0.493 e. The molecule has 2 rings (SSSR count). The fourth-order valence-corrected chi connectivity index (χ4v) is 2.86. The van der Waals surface area contributed by atoms with Crippen molar-refractivity contribution in [1.29, 1.82) is 0 Å². The Morgan fingerprint density at radius 2 is 1.68 bits per heavy atom. The second kappa shape index (κ2) is 9.46. The summed E-state index contributed by atoms with van der Waals surface area (Å²) in [5, 5.41) is 0. The van der Waals surface area contributed by atoms with Gasteiger partial charge in [-0.3, -0.25) is 4.90 Å². The van der Waals surface area contributed by atoms with Gasteiger partial charge in [0.25, 0.3) is 0 Å². The average molecular weight is 393 g/mol. The van der Waals surface area contributed by atoms with Crippen LogP contribution in [0.15, 0.2) is 42.5 Å². The van der Waals surface area contributed by atoms with Crippen molar-refractivity contribution in [1.82, 2.24) is 4.90 Å². The standard InChI is InChI=1S/C22H29NO5/c1-7-22(23(2)3,17-11-9-8-10-12-17)15-28-21(24)16-13-18(25-4)20(27-6)19(14-16)26-5/h8-14H,7,15H2,1-6H3/i1D3,7D2. The fourth-order valence-electron chi connectivity index (χ4n) is 2.86. The first-order valence-electron chi connectivity index (χ1n) is 11.1. The highest BCUT2D eigenvalue weighted by atomic mass is 16.5. The van der Waals surface area contributed by atoms with Crippen molar-refractivity contribution in [2.24, 2.45) is 0 Å². The van der Waals surface area contributed by atoms with Crippen LogP contribution in [0.25, 0.3) is 0 Å². The Balaban J connectivity index is 2.54. The molecule has 0 radical (unpaired) electrons. The van der Waals surface area contributed by atoms with Crippen molar-refractivity contribution in [2.45, 2.75) is 18.8 Å². The molecule has 6 heteroatoms. The molecule has 0 N–H and O–H groups in total. The van der Waals surface area contributed by atoms with Crippen LogP contribution >= 0.6 is 0 Å². The molecular formula is C22H29NO5. The predicted molar refractivity (Wildman–Crippen MR) is 108 cm³/mol. The van der Waals surface area contributed by atoms with Crippen LogP contribution in [0.2, 0.25) is 0 Å². The highest BCUT2D eigenvalue weighted by Gasteiger charge is 2.34. The van der Waals surface area contributed by atoms with Crippen molar-refractivity contribution in [3.05, 3.63) is 53.6 Å². The first-order valence-corrected chi connectivity index (χ1v) is 8.57. The van der Waals surface area contributed by atoms with Crippen LogP contribution in [0, 0.1) is 0 Å². The first kappa shape index (κ1) is 15.2. The predicted octanol–water partition coefficient (Wildman–Crippen LogP) is 3.74. The van der Waals surface area contributed by atoms with Gasteiger partial charge in [0.15, 0.2) is 11.5 Å². The van der Waals surface area contributed by atoms with Gasteiger partial charge in [0.1, 0.15) is 6.61 Å². The Hall–Kier alpha value is -2.73. The molecule has 2 aromatic carbocycles. The molecule has 28 heavy (non-hydrogen) atoms. The molecule has 0 saturated carbocycles. The van der Waals surface area contributed by atoms with E-state index >= 15 is 0 Å². The van der Waals surface area contributed by atoms with Crippen molar-refractivity contribution in [3.63, 3.8) is 0 Å². The monoisotopic (exact) mass is 392 g/mol. The van der Waals surface area contributed by atoms with Crippen LogP contribution in [0.5, 0.6) is 17.2 Å². The maximum atomic E-state index is 13.0. The summed E-state index contributed by atoms with van der Waals surface area (Å²) in [6.07, 6.45) is -2.78. The van der Waals surface area contributed by atoms with E-state index in [0.717, 1.165) is 0 Å². The zero-order valence-corrected chi connectivity index (χ0v) is 16.7. The molecule has 0 saturated heterocycles. The lowest BCUT2D eigenvalue weighted by molar-refractivity contribution is 0.0119. The number of carbonyl (C=O) groups excluding carboxylic acids is 1. The average Bonchev–Trinajstić information content (AvgIpc) is 2.77. The quantitative estimate of drug-likeness (QED) is 0.606. The molecule has 0 aliphatic carbocycles. The highest BCUT2D eigenvalue weighted by Crippen LogP contribution is 2.38. The molecule has 0 aliphatic heterocycles. The second-order valence-electron chi connectivity index (χ2n) is 6.24. The Morgan fingerprint density at radius 3 is 2.14 bits per heavy atom. The molecule has 1 atom stereocenters. The number of esters is 1. The van der Waals surface area contributed by atoms with E-state index in [-0.39, 0.29) is 17.1 Å². The Morgan fingerprint density at radius 1 is 1.07 bits per heavy atom. The van der Waals surface area contributed by atoms with E-state index in [2.05, 4.69) is 0 Å². The van der Waals surface area contributed by atoms with Gasteiger partial charge in [-0.1, -0.05) is 37.2 Å². The third kappa shape index (κ3) is 4.22. The van der Waals surface area contributed by atoms with Gasteiger partial charge in [-0.25, -0.2) is 4.79 Å². The molecule has 0 aliphatic rings. The molecule has 2 aromatic rings. The van der Waals surface area contributed by atoms with Gasteiger partial charge in [-0.2, -0.15) is 0 Å². The molecule has 0 aromatic heterocycles. The molecule has 0 fully saturated rings. The van der Waals surface area contributed by atoms with Gasteiger partial charge in [0.05, 0.1) is 32.4 Å². The van der Waals surface area contributed by atoms with Crippen molar-refractivity contribution in [2.75, 3.05) is 42.0 Å². The maximum Gasteiger partial charge on any atom is 0.338 e. The summed E-state index contributed by atoms with van der Waals surface area (Å²) in [5.74, 6) is -0.0351. The summed E-state index contributed by atoms with van der Waals surface area (Å²) < 4.78 is 62.2. The largest absolute Gasteiger partial charge is 0.493 e. The summed E-state index contributed by atoms with van der Waals surface area (Å²) in [7, 11) is 7.34. The lowest BCUT2D eigenvalue weighted by Gasteiger charge is -2.39. The van der Waals surface area contributed by atoms with Crippen LogP contribution in [-0.4, -0.2) is 52.9 Å². The molecule has 152 valence electrons. The lowest BCUT2D eigenvalue weighted by atomic mass is 9.87. The Labute approximate surface area is 174 Å². The van der Waals surface area contributed by atoms with E-state index in [1.54, 1.807) is 44.4 Å². The summed E-state index contributed by atoms with van der Waals surface area (Å²) in [6.45, 7) is -3.57. The second-order valence-corrected chi connectivity index (χ2v) is 6.24. The Bertz CT molecular complexity index is 940. The maximum absolute atomic E-state index is 13.0. The summed E-state index contributed by atoms with van der Waals surface area (Å²) in [5.41, 5.74) is -1.39. The fraction of sp³-hybridized carbons (Fsp3) is 0.409. The molecule has 0 bridgehead atoms. The molecular weight excluding hydrogens is 358 g/mol. The van der Waals surface area contributed by atoms with Crippen LogP contribution in [0.3, 0.4) is 0 Å². The number of methoxy groups -OCH3 is 3. The SMILES string of the molecule is [2H]C([2H])([2H])C([2H])([2H])C(COC(=O)c1cc(OC)c(OC)c(OC)c1)(c1ccccc1)N(C)C. The topological polar surface area (TPSA) is 57.2 Å². The van der Waals surface area contributed by atoms with E-state index < -0.39 is 31.3 Å². The van der Waals surface area contributed by atoms with E-state index in [9.17, 15) is 4.79 Å². The lowest BCUT2D eigenvalue weighted by Crippen LogP contribution is -2.45. The van der Waals surface area contributed by atoms with Gasteiger partial charge < -0.3 is 18.9 Å². The molecule has 6 nitrogen and oxygen atoms in total. The van der Waals surface area contributed by atoms with Gasteiger partial charge in [-0.05, 0) is 38.2 Å². The van der Waals surface area contributed by atoms with E-state index in [1.807, 2.05) is 0 Å². The van der Waals surface area contributed by atoms with Crippen LogP contribution < -0.4 is 14.2 Å². The van der Waals surface area contributed by atoms with Gasteiger partial charge in [-0.15, -0.1) is 0 Å². The van der Waals surface area contributed by atoms with Gasteiger partial charge >= 0.3 is 5.97 Å². The summed E-state index contributed by atoms with van der Waals surface area (Å²) in [4.78, 5) is 14.4. The zero-order valence-electron chi connectivity index (χ0n) is 21.7. The van der Waals surface area contributed by atoms with E-state index in [4.69, 9.17) is 25.8 Å². The normalized spacial score (nSPS) is 16.6. The van der Waals surface area contributed by atoms with Gasteiger partial charge in [0.2, 0.25) is 5.75 Å². The number of hydrogen-bond acceptors (Lipinski definition) is 6. The number of ether oxygens (including phenoxy) is 4. The first-order chi connectivity index (χ1) is 15.4. The summed E-state index contributed by atoms with van der Waals surface area (Å²) >= 11 is 0. The minimum absolute atomic E-state index is 0.0691. The third-order valence-corrected chi connectivity index (χ3v) is 4.53. The number of nitrogens with zero attached hydrogens (tertiary/aromatic N) is 1. The van der Waals surface area contributed by atoms with Crippen molar-refractivity contribution < 1.29 is 30.6 Å². The third-order valence-electron chi connectivity index (χ3n) is 4.53. The van der Waals surface area contributed by atoms with Crippen molar-refractivity contribution in [3.8, 4) is 17.2 Å². The zero-order chi connectivity index (χ0) is 25.0. The van der Waals surface area contributed by atoms with E-state index in [0.29, 0.717) is 11.3 Å². The number of likely N-dealkylation sites (N-methyl/N-ethyl adjacent to an activating group) is 1. The Kier molecular flexibility index (Phi) is 5.14. The van der Waals surface area contributed by atoms with Crippen molar-refractivity contribution >= 4 is 5.97 Å². The molecule has 1 unspecified atom stereocenters. The molecule has 0 heterocycles. The number of hydrogen-bond donors (Lipinski definition) is 0. The van der Waals surface area contributed by atoms with E-state index in [1.165, 1.54) is 38.4 Å². The van der Waals surface area contributed by atoms with Gasteiger partial charge in [0, 0.05) is 6.85 Å². The number of rotatable bonds is 9. The van der Waals surface area contributed by atoms with Crippen LogP contribution in [0.1, 0.15) is 36.0 Å². The van der Waals surface area contributed by atoms with Crippen LogP contribution in [0.4, 0.5) is 0 Å². The highest BCUT2D eigenvalue weighted by molar-refractivity contribution is 5.91. The summed E-state index contributed by atoms with van der Waals surface area (Å²) in [6, 6.07) is 11.1. The molecule has 0 amide bonds. The number of benzene rings is 2. The smallest absolute Gasteiger partial charge is 0.338 e. The number of carbonyl (C=O) groups is 1. The molecule has 0 spiro atoms.